The molecule has 1 radical (unpaired) electrons. The second kappa shape index (κ2) is 4.70. The standard InChI is InChI=1S/C8H21O2Si3/c1-8-11(2)9-13(6,7)10-12(3,4)5/h8H,1H2,2-7H3. The van der Waals surface area contributed by atoms with E-state index in [1.807, 2.05) is 5.70 Å². The van der Waals surface area contributed by atoms with Crippen molar-refractivity contribution >= 4 is 25.9 Å². The molecule has 77 valence electrons. The molecular formula is C8H21O2Si3. The van der Waals surface area contributed by atoms with Gasteiger partial charge in [-0.15, -0.1) is 6.58 Å². The molecule has 0 aromatic rings. The summed E-state index contributed by atoms with van der Waals surface area (Å²) in [6.45, 7) is 16.7. The van der Waals surface area contributed by atoms with Crippen LogP contribution in [0, 0.1) is 0 Å². The van der Waals surface area contributed by atoms with Crippen molar-refractivity contribution in [1.82, 2.24) is 0 Å². The zero-order valence-electron chi connectivity index (χ0n) is 9.60. The van der Waals surface area contributed by atoms with Crippen LogP contribution in [-0.4, -0.2) is 25.9 Å². The van der Waals surface area contributed by atoms with E-state index in [4.69, 9.17) is 8.23 Å². The molecule has 0 unspecified atom stereocenters. The molecule has 5 heteroatoms. The Morgan fingerprint density at radius 3 is 1.92 bits per heavy atom. The highest BCUT2D eigenvalue weighted by Crippen LogP contribution is 2.16. The summed E-state index contributed by atoms with van der Waals surface area (Å²) in [4.78, 5) is 0. The molecule has 0 saturated carbocycles. The van der Waals surface area contributed by atoms with Gasteiger partial charge in [-0.25, -0.2) is 0 Å². The summed E-state index contributed by atoms with van der Waals surface area (Å²) in [6, 6.07) is 0. The molecule has 0 fully saturated rings. The van der Waals surface area contributed by atoms with Crippen LogP contribution in [0.3, 0.4) is 0 Å². The van der Waals surface area contributed by atoms with E-state index in [-0.39, 0.29) is 0 Å². The van der Waals surface area contributed by atoms with Crippen molar-refractivity contribution in [1.29, 1.82) is 0 Å². The second-order valence-electron chi connectivity index (χ2n) is 4.53. The molecule has 0 aromatic carbocycles. The third-order valence-corrected chi connectivity index (χ3v) is 9.49. The molecule has 0 aromatic heterocycles. The van der Waals surface area contributed by atoms with Crippen molar-refractivity contribution in [3.8, 4) is 0 Å². The molecule has 0 aliphatic carbocycles. The van der Waals surface area contributed by atoms with Crippen molar-refractivity contribution < 1.29 is 8.23 Å². The van der Waals surface area contributed by atoms with Gasteiger partial charge < -0.3 is 8.23 Å². The van der Waals surface area contributed by atoms with Crippen LogP contribution in [0.25, 0.3) is 0 Å². The maximum Gasteiger partial charge on any atom is 0.311 e. The van der Waals surface area contributed by atoms with Crippen LogP contribution in [0.1, 0.15) is 0 Å². The third kappa shape index (κ3) is 7.39. The molecule has 0 aliphatic heterocycles. The van der Waals surface area contributed by atoms with Gasteiger partial charge in [0.15, 0.2) is 8.32 Å². The van der Waals surface area contributed by atoms with E-state index in [2.05, 4.69) is 45.9 Å². The normalized spacial score (nSPS) is 13.5. The van der Waals surface area contributed by atoms with Crippen molar-refractivity contribution in [3.63, 3.8) is 0 Å². The van der Waals surface area contributed by atoms with Crippen LogP contribution in [0.2, 0.25) is 39.3 Å². The van der Waals surface area contributed by atoms with E-state index >= 15 is 0 Å². The van der Waals surface area contributed by atoms with E-state index in [1.165, 1.54) is 0 Å². The highest BCUT2D eigenvalue weighted by Gasteiger charge is 2.32. The number of hydrogen-bond donors (Lipinski definition) is 0. The molecule has 0 rings (SSSR count). The van der Waals surface area contributed by atoms with E-state index < -0.39 is 25.9 Å². The number of rotatable bonds is 5. The molecule has 0 saturated heterocycles. The number of hydrogen-bond acceptors (Lipinski definition) is 2. The minimum absolute atomic E-state index is 0.835. The first-order chi connectivity index (χ1) is 5.66. The first-order valence-corrected chi connectivity index (χ1v) is 12.7. The Kier molecular flexibility index (Phi) is 4.81. The lowest BCUT2D eigenvalue weighted by Gasteiger charge is -2.32. The predicted molar refractivity (Wildman–Crippen MR) is 64.8 cm³/mol. The first-order valence-electron chi connectivity index (χ1n) is 4.51. The highest BCUT2D eigenvalue weighted by molar-refractivity contribution is 6.84. The van der Waals surface area contributed by atoms with Gasteiger partial charge >= 0.3 is 8.56 Å². The third-order valence-electron chi connectivity index (χ3n) is 1.25. The molecule has 0 bridgehead atoms. The van der Waals surface area contributed by atoms with Crippen LogP contribution in [0.5, 0.6) is 0 Å². The topological polar surface area (TPSA) is 18.5 Å². The van der Waals surface area contributed by atoms with Crippen molar-refractivity contribution in [2.45, 2.75) is 39.3 Å². The van der Waals surface area contributed by atoms with Gasteiger partial charge in [0.25, 0.3) is 0 Å². The van der Waals surface area contributed by atoms with E-state index in [0.717, 1.165) is 0 Å². The molecule has 13 heavy (non-hydrogen) atoms. The van der Waals surface area contributed by atoms with Crippen LogP contribution >= 0.6 is 0 Å². The Morgan fingerprint density at radius 1 is 1.15 bits per heavy atom. The Labute approximate surface area is 86.1 Å². The smallest absolute Gasteiger partial charge is 0.311 e. The fourth-order valence-electron chi connectivity index (χ4n) is 1.19. The fraction of sp³-hybridized carbons (Fsp3) is 0.750. The lowest BCUT2D eigenvalue weighted by molar-refractivity contribution is 0.406. The average molecular weight is 234 g/mol. The fourth-order valence-corrected chi connectivity index (χ4v) is 11.1. The van der Waals surface area contributed by atoms with Crippen LogP contribution in [-0.2, 0) is 8.23 Å². The predicted octanol–water partition coefficient (Wildman–Crippen LogP) is 2.90. The SMILES string of the molecule is C=C[Si](C)O[Si](C)(C)O[Si](C)(C)C. The van der Waals surface area contributed by atoms with Gasteiger partial charge in [-0.1, -0.05) is 5.70 Å². The lowest BCUT2D eigenvalue weighted by atomic mass is 11.3. The summed E-state index contributed by atoms with van der Waals surface area (Å²) in [5.41, 5.74) is 1.91. The first kappa shape index (κ1) is 13.3. The van der Waals surface area contributed by atoms with Gasteiger partial charge in [0.2, 0.25) is 9.04 Å². The van der Waals surface area contributed by atoms with Gasteiger partial charge in [0, 0.05) is 0 Å². The monoisotopic (exact) mass is 233 g/mol. The molecule has 0 atom stereocenters. The second-order valence-corrected chi connectivity index (χ2v) is 14.8. The molecule has 2 nitrogen and oxygen atoms in total. The largest absolute Gasteiger partial charge is 0.437 e. The summed E-state index contributed by atoms with van der Waals surface area (Å²) >= 11 is 0. The summed E-state index contributed by atoms with van der Waals surface area (Å²) in [5, 5.41) is 0. The summed E-state index contributed by atoms with van der Waals surface area (Å²) in [6.07, 6.45) is 0. The highest BCUT2D eigenvalue weighted by atomic mass is 28.5. The Balaban J connectivity index is 4.15. The van der Waals surface area contributed by atoms with E-state index in [0.29, 0.717) is 0 Å². The summed E-state index contributed by atoms with van der Waals surface area (Å²) in [5.74, 6) is 0. The molecule has 0 aliphatic rings. The molecule has 0 amide bonds. The van der Waals surface area contributed by atoms with Gasteiger partial charge in [-0.2, -0.15) is 0 Å². The van der Waals surface area contributed by atoms with Crippen LogP contribution in [0.15, 0.2) is 12.3 Å². The Morgan fingerprint density at radius 2 is 1.62 bits per heavy atom. The van der Waals surface area contributed by atoms with Crippen molar-refractivity contribution in [3.05, 3.63) is 12.3 Å². The van der Waals surface area contributed by atoms with Gasteiger partial charge in [0.1, 0.15) is 0 Å². The minimum atomic E-state index is -1.89. The summed E-state index contributed by atoms with van der Waals surface area (Å²) in [7, 11) is -4.18. The molecule has 0 N–H and O–H groups in total. The van der Waals surface area contributed by atoms with E-state index in [1.54, 1.807) is 0 Å². The lowest BCUT2D eigenvalue weighted by Crippen LogP contribution is -2.47. The van der Waals surface area contributed by atoms with Crippen LogP contribution in [0.4, 0.5) is 0 Å². The van der Waals surface area contributed by atoms with Crippen LogP contribution < -0.4 is 0 Å². The average Bonchev–Trinajstić information content (AvgIpc) is 1.80. The minimum Gasteiger partial charge on any atom is -0.437 e. The van der Waals surface area contributed by atoms with Crippen molar-refractivity contribution in [2.24, 2.45) is 0 Å². The molecular weight excluding hydrogens is 212 g/mol. The van der Waals surface area contributed by atoms with Gasteiger partial charge in [-0.3, -0.25) is 0 Å². The molecule has 0 spiro atoms. The molecule has 0 heterocycles. The Hall–Kier alpha value is 0.311. The quantitative estimate of drug-likeness (QED) is 0.680. The maximum absolute atomic E-state index is 6.03. The zero-order chi connectivity index (χ0) is 10.7. The summed E-state index contributed by atoms with van der Waals surface area (Å²) < 4.78 is 11.9. The zero-order valence-corrected chi connectivity index (χ0v) is 12.6. The van der Waals surface area contributed by atoms with Gasteiger partial charge in [0.05, 0.1) is 0 Å². The maximum atomic E-state index is 6.03. The van der Waals surface area contributed by atoms with Crippen molar-refractivity contribution in [2.75, 3.05) is 0 Å². The van der Waals surface area contributed by atoms with Gasteiger partial charge in [-0.05, 0) is 39.3 Å². The van der Waals surface area contributed by atoms with E-state index in [9.17, 15) is 0 Å². The Bertz CT molecular complexity index is 175.